The zero-order valence-corrected chi connectivity index (χ0v) is 14.2. The van der Waals surface area contributed by atoms with Crippen LogP contribution in [-0.2, 0) is 6.42 Å². The van der Waals surface area contributed by atoms with Crippen LogP contribution in [-0.4, -0.2) is 35.7 Å². The van der Waals surface area contributed by atoms with E-state index in [4.69, 9.17) is 0 Å². The lowest BCUT2D eigenvalue weighted by Gasteiger charge is -2.43. The number of rotatable bonds is 4. The topological polar surface area (TPSA) is 23.5 Å². The zero-order chi connectivity index (χ0) is 14.6. The number of halogens is 1. The maximum absolute atomic E-state index is 10.9. The monoisotopic (exact) mass is 339 g/mol. The van der Waals surface area contributed by atoms with Gasteiger partial charge in [-0.3, -0.25) is 0 Å². The number of nitrogens with zero attached hydrogens (tertiary/aromatic N) is 1. The van der Waals surface area contributed by atoms with Crippen LogP contribution in [0.5, 0.6) is 0 Å². The molecule has 2 nitrogen and oxygen atoms in total. The molecule has 0 aromatic heterocycles. The Hall–Kier alpha value is -0.380. The molecule has 0 saturated heterocycles. The van der Waals surface area contributed by atoms with Crippen LogP contribution in [0.1, 0.15) is 44.1 Å². The fraction of sp³-hybridized carbons (Fsp3) is 0.647. The van der Waals surface area contributed by atoms with Crippen molar-refractivity contribution in [1.29, 1.82) is 0 Å². The molecule has 1 fully saturated rings. The summed E-state index contributed by atoms with van der Waals surface area (Å²) in [6, 6.07) is 8.29. The average molecular weight is 340 g/mol. The minimum absolute atomic E-state index is 0.0567. The molecule has 0 spiro atoms. The highest BCUT2D eigenvalue weighted by molar-refractivity contribution is 9.10. The molecule has 2 rings (SSSR count). The Kier molecular flexibility index (Phi) is 5.65. The highest BCUT2D eigenvalue weighted by Gasteiger charge is 2.39. The zero-order valence-electron chi connectivity index (χ0n) is 12.6. The minimum Gasteiger partial charge on any atom is -0.391 e. The fourth-order valence-corrected chi connectivity index (χ4v) is 3.94. The van der Waals surface area contributed by atoms with E-state index in [1.54, 1.807) is 0 Å². The van der Waals surface area contributed by atoms with Crippen molar-refractivity contribution in [3.8, 4) is 0 Å². The normalized spacial score (nSPS) is 20.6. The molecule has 112 valence electrons. The lowest BCUT2D eigenvalue weighted by Crippen LogP contribution is -2.54. The van der Waals surface area contributed by atoms with Gasteiger partial charge in [0, 0.05) is 16.4 Å². The Bertz CT molecular complexity index is 425. The lowest BCUT2D eigenvalue weighted by molar-refractivity contribution is -0.0174. The van der Waals surface area contributed by atoms with Gasteiger partial charge < -0.3 is 10.0 Å². The molecule has 1 N–H and O–H groups in total. The maximum Gasteiger partial charge on any atom is 0.0763 e. The van der Waals surface area contributed by atoms with E-state index in [1.165, 1.54) is 31.2 Å². The SMILES string of the molecule is CN(C)C1(C(O)Cc2cccc(Br)c2)CCCCCC1. The van der Waals surface area contributed by atoms with Gasteiger partial charge >= 0.3 is 0 Å². The van der Waals surface area contributed by atoms with Crippen molar-refractivity contribution in [1.82, 2.24) is 4.90 Å². The second-order valence-electron chi connectivity index (χ2n) is 6.26. The van der Waals surface area contributed by atoms with Gasteiger partial charge in [0.25, 0.3) is 0 Å². The van der Waals surface area contributed by atoms with E-state index in [2.05, 4.69) is 47.1 Å². The van der Waals surface area contributed by atoms with Crippen LogP contribution in [0.4, 0.5) is 0 Å². The first-order valence-electron chi connectivity index (χ1n) is 7.64. The smallest absolute Gasteiger partial charge is 0.0763 e. The van der Waals surface area contributed by atoms with Crippen molar-refractivity contribution >= 4 is 15.9 Å². The van der Waals surface area contributed by atoms with Gasteiger partial charge in [0.2, 0.25) is 0 Å². The van der Waals surface area contributed by atoms with Gasteiger partial charge in [0.05, 0.1) is 6.10 Å². The Morgan fingerprint density at radius 2 is 1.85 bits per heavy atom. The molecule has 1 aromatic rings. The second kappa shape index (κ2) is 7.06. The van der Waals surface area contributed by atoms with Crippen molar-refractivity contribution < 1.29 is 5.11 Å². The molecule has 0 amide bonds. The van der Waals surface area contributed by atoms with E-state index in [0.717, 1.165) is 23.7 Å². The first-order chi connectivity index (χ1) is 9.54. The van der Waals surface area contributed by atoms with E-state index in [-0.39, 0.29) is 11.6 Å². The largest absolute Gasteiger partial charge is 0.391 e. The predicted octanol–water partition coefficient (Wildman–Crippen LogP) is 4.01. The number of likely N-dealkylation sites (N-methyl/N-ethyl adjacent to an activating group) is 1. The molecule has 1 unspecified atom stereocenters. The molecule has 1 atom stereocenters. The molecule has 1 aromatic carbocycles. The lowest BCUT2D eigenvalue weighted by atomic mass is 9.80. The highest BCUT2D eigenvalue weighted by atomic mass is 79.9. The predicted molar refractivity (Wildman–Crippen MR) is 88.0 cm³/mol. The molecule has 20 heavy (non-hydrogen) atoms. The van der Waals surface area contributed by atoms with Crippen molar-refractivity contribution in [2.75, 3.05) is 14.1 Å². The molecule has 0 bridgehead atoms. The molecule has 1 saturated carbocycles. The Balaban J connectivity index is 2.16. The summed E-state index contributed by atoms with van der Waals surface area (Å²) in [6.07, 6.45) is 7.71. The van der Waals surface area contributed by atoms with E-state index in [9.17, 15) is 5.11 Å². The number of aliphatic hydroxyl groups excluding tert-OH is 1. The summed E-state index contributed by atoms with van der Waals surface area (Å²) in [5, 5.41) is 10.9. The average Bonchev–Trinajstić information content (AvgIpc) is 2.65. The molecule has 0 heterocycles. The molecule has 0 radical (unpaired) electrons. The Morgan fingerprint density at radius 3 is 2.40 bits per heavy atom. The van der Waals surface area contributed by atoms with E-state index < -0.39 is 0 Å². The van der Waals surface area contributed by atoms with Crippen LogP contribution in [0.3, 0.4) is 0 Å². The summed E-state index contributed by atoms with van der Waals surface area (Å²) in [4.78, 5) is 2.26. The van der Waals surface area contributed by atoms with Crippen molar-refractivity contribution in [3.63, 3.8) is 0 Å². The first kappa shape index (κ1) is 16.0. The van der Waals surface area contributed by atoms with Crippen molar-refractivity contribution in [3.05, 3.63) is 34.3 Å². The van der Waals surface area contributed by atoms with E-state index in [1.807, 2.05) is 12.1 Å². The summed E-state index contributed by atoms with van der Waals surface area (Å²) in [5.74, 6) is 0. The Labute approximate surface area is 131 Å². The van der Waals surface area contributed by atoms with E-state index in [0.29, 0.717) is 0 Å². The van der Waals surface area contributed by atoms with Gasteiger partial charge in [-0.1, -0.05) is 53.7 Å². The summed E-state index contributed by atoms with van der Waals surface area (Å²) in [6.45, 7) is 0. The van der Waals surface area contributed by atoms with Crippen LogP contribution in [0.15, 0.2) is 28.7 Å². The standard InChI is InChI=1S/C17H26BrNO/c1-19(2)17(10-5-3-4-6-11-17)16(20)13-14-8-7-9-15(18)12-14/h7-9,12,16,20H,3-6,10-11,13H2,1-2H3. The third-order valence-electron chi connectivity index (χ3n) is 4.80. The quantitative estimate of drug-likeness (QED) is 0.838. The summed E-state index contributed by atoms with van der Waals surface area (Å²) in [7, 11) is 4.24. The molecule has 1 aliphatic rings. The van der Waals surface area contributed by atoms with Gasteiger partial charge in [0.1, 0.15) is 0 Å². The maximum atomic E-state index is 10.9. The minimum atomic E-state index is -0.301. The van der Waals surface area contributed by atoms with Gasteiger partial charge in [-0.2, -0.15) is 0 Å². The van der Waals surface area contributed by atoms with Crippen molar-refractivity contribution in [2.24, 2.45) is 0 Å². The second-order valence-corrected chi connectivity index (χ2v) is 7.18. The van der Waals surface area contributed by atoms with Crippen molar-refractivity contribution in [2.45, 2.75) is 56.6 Å². The summed E-state index contributed by atoms with van der Waals surface area (Å²) in [5.41, 5.74) is 1.15. The summed E-state index contributed by atoms with van der Waals surface area (Å²) >= 11 is 3.51. The highest BCUT2D eigenvalue weighted by Crippen LogP contribution is 2.35. The molecule has 3 heteroatoms. The van der Waals surface area contributed by atoms with Crippen LogP contribution in [0.2, 0.25) is 0 Å². The third-order valence-corrected chi connectivity index (χ3v) is 5.29. The van der Waals surface area contributed by atoms with Gasteiger partial charge in [-0.15, -0.1) is 0 Å². The van der Waals surface area contributed by atoms with Gasteiger partial charge in [-0.05, 0) is 44.6 Å². The molecular weight excluding hydrogens is 314 g/mol. The third kappa shape index (κ3) is 3.63. The van der Waals surface area contributed by atoms with Gasteiger partial charge in [-0.25, -0.2) is 0 Å². The van der Waals surface area contributed by atoms with Crippen LogP contribution >= 0.6 is 15.9 Å². The summed E-state index contributed by atoms with van der Waals surface area (Å²) < 4.78 is 1.09. The fourth-order valence-electron chi connectivity index (χ4n) is 3.50. The van der Waals surface area contributed by atoms with Crippen LogP contribution < -0.4 is 0 Å². The molecule has 0 aliphatic heterocycles. The van der Waals surface area contributed by atoms with Gasteiger partial charge in [0.15, 0.2) is 0 Å². The molecular formula is C17H26BrNO. The number of hydrogen-bond acceptors (Lipinski definition) is 2. The van der Waals surface area contributed by atoms with Crippen LogP contribution in [0, 0.1) is 0 Å². The number of benzene rings is 1. The van der Waals surface area contributed by atoms with E-state index >= 15 is 0 Å². The molecule has 1 aliphatic carbocycles. The van der Waals surface area contributed by atoms with Crippen LogP contribution in [0.25, 0.3) is 0 Å². The number of hydrogen-bond donors (Lipinski definition) is 1. The first-order valence-corrected chi connectivity index (χ1v) is 8.44. The number of aliphatic hydroxyl groups is 1. The Morgan fingerprint density at radius 1 is 1.20 bits per heavy atom.